The monoisotopic (exact) mass is 331 g/mol. The maximum atomic E-state index is 12.6. The van der Waals surface area contributed by atoms with Gasteiger partial charge in [0.2, 0.25) is 10.0 Å². The Bertz CT molecular complexity index is 622. The maximum Gasteiger partial charge on any atom is 0.339 e. The molecule has 0 spiro atoms. The summed E-state index contributed by atoms with van der Waals surface area (Å²) in [6.45, 7) is 1.02. The van der Waals surface area contributed by atoms with Gasteiger partial charge in [0.05, 0.1) is 22.6 Å². The van der Waals surface area contributed by atoms with Crippen molar-refractivity contribution < 1.29 is 17.9 Å². The number of nitrogens with zero attached hydrogens (tertiary/aromatic N) is 1. The summed E-state index contributed by atoms with van der Waals surface area (Å²) in [6, 6.07) is 4.13. The zero-order chi connectivity index (χ0) is 15.5. The number of carbonyl (C=O) groups excluding carboxylic acids is 1. The molecule has 1 aliphatic heterocycles. The normalized spacial score (nSPS) is 17.2. The fourth-order valence-electron chi connectivity index (χ4n) is 2.36. The summed E-state index contributed by atoms with van der Waals surface area (Å²) in [7, 11) is -2.37. The van der Waals surface area contributed by atoms with Crippen LogP contribution in [0.2, 0.25) is 5.02 Å². The highest BCUT2D eigenvalue weighted by molar-refractivity contribution is 7.89. The highest BCUT2D eigenvalue weighted by atomic mass is 35.5. The summed E-state index contributed by atoms with van der Waals surface area (Å²) in [5, 5.41) is 0.177. The van der Waals surface area contributed by atoms with E-state index in [0.29, 0.717) is 13.1 Å². The van der Waals surface area contributed by atoms with Crippen molar-refractivity contribution in [3.63, 3.8) is 0 Å². The topological polar surface area (TPSA) is 63.7 Å². The molecule has 1 aliphatic rings. The molecule has 0 bridgehead atoms. The SMILES string of the molecule is COC(=O)c1cc(S(=O)(=O)N2CCCCCC2)ccc1Cl. The van der Waals surface area contributed by atoms with E-state index in [-0.39, 0.29) is 15.5 Å². The van der Waals surface area contributed by atoms with Crippen molar-refractivity contribution in [3.05, 3.63) is 28.8 Å². The minimum atomic E-state index is -3.60. The fraction of sp³-hybridized carbons (Fsp3) is 0.500. The van der Waals surface area contributed by atoms with Crippen LogP contribution in [0.25, 0.3) is 0 Å². The first-order valence-corrected chi connectivity index (χ1v) is 8.66. The number of rotatable bonds is 3. The predicted molar refractivity (Wildman–Crippen MR) is 80.0 cm³/mol. The Balaban J connectivity index is 2.37. The van der Waals surface area contributed by atoms with Gasteiger partial charge in [-0.15, -0.1) is 0 Å². The van der Waals surface area contributed by atoms with Gasteiger partial charge in [-0.1, -0.05) is 24.4 Å². The molecule has 0 N–H and O–H groups in total. The van der Waals surface area contributed by atoms with Crippen LogP contribution in [0.1, 0.15) is 36.0 Å². The number of halogens is 1. The van der Waals surface area contributed by atoms with Gasteiger partial charge in [0, 0.05) is 13.1 Å². The molecule has 7 heteroatoms. The molecular formula is C14H18ClNO4S. The van der Waals surface area contributed by atoms with Gasteiger partial charge in [0.15, 0.2) is 0 Å². The Hall–Kier alpha value is -1.11. The number of hydrogen-bond donors (Lipinski definition) is 0. The average molecular weight is 332 g/mol. The quantitative estimate of drug-likeness (QED) is 0.799. The number of benzene rings is 1. The molecule has 0 aliphatic carbocycles. The Morgan fingerprint density at radius 2 is 1.81 bits per heavy atom. The average Bonchev–Trinajstić information content (AvgIpc) is 2.76. The number of methoxy groups -OCH3 is 1. The van der Waals surface area contributed by atoms with Gasteiger partial charge in [0.1, 0.15) is 0 Å². The third kappa shape index (κ3) is 3.56. The molecule has 0 atom stereocenters. The van der Waals surface area contributed by atoms with Crippen LogP contribution in [-0.4, -0.2) is 38.9 Å². The summed E-state index contributed by atoms with van der Waals surface area (Å²) in [5.74, 6) is -0.645. The lowest BCUT2D eigenvalue weighted by molar-refractivity contribution is 0.0600. The first-order chi connectivity index (χ1) is 9.96. The van der Waals surface area contributed by atoms with Crippen molar-refractivity contribution >= 4 is 27.6 Å². The molecule has 0 radical (unpaired) electrons. The summed E-state index contributed by atoms with van der Waals surface area (Å²) < 4.78 is 31.4. The fourth-order valence-corrected chi connectivity index (χ4v) is 4.10. The van der Waals surface area contributed by atoms with E-state index in [1.165, 1.54) is 29.6 Å². The van der Waals surface area contributed by atoms with Crippen LogP contribution in [0.5, 0.6) is 0 Å². The Morgan fingerprint density at radius 3 is 2.38 bits per heavy atom. The van der Waals surface area contributed by atoms with Crippen molar-refractivity contribution in [2.45, 2.75) is 30.6 Å². The molecule has 1 heterocycles. The molecule has 0 aromatic heterocycles. The third-order valence-electron chi connectivity index (χ3n) is 3.55. The smallest absolute Gasteiger partial charge is 0.339 e. The zero-order valence-electron chi connectivity index (χ0n) is 11.8. The van der Waals surface area contributed by atoms with E-state index in [4.69, 9.17) is 11.6 Å². The van der Waals surface area contributed by atoms with Crippen LogP contribution in [0.15, 0.2) is 23.1 Å². The summed E-state index contributed by atoms with van der Waals surface area (Å²) in [6.07, 6.45) is 3.80. The second-order valence-corrected chi connectivity index (χ2v) is 7.30. The van der Waals surface area contributed by atoms with E-state index in [0.717, 1.165) is 25.7 Å². The molecule has 21 heavy (non-hydrogen) atoms. The van der Waals surface area contributed by atoms with Gasteiger partial charge in [-0.25, -0.2) is 13.2 Å². The lowest BCUT2D eigenvalue weighted by Gasteiger charge is -2.20. The molecule has 1 aromatic rings. The van der Waals surface area contributed by atoms with E-state index in [9.17, 15) is 13.2 Å². The first kappa shape index (κ1) is 16.3. The molecule has 1 fully saturated rings. The second-order valence-electron chi connectivity index (χ2n) is 4.95. The molecule has 1 saturated heterocycles. The highest BCUT2D eigenvalue weighted by Gasteiger charge is 2.26. The van der Waals surface area contributed by atoms with Crippen molar-refractivity contribution in [3.8, 4) is 0 Å². The molecule has 0 amide bonds. The predicted octanol–water partition coefficient (Wildman–Crippen LogP) is 2.69. The Morgan fingerprint density at radius 1 is 1.19 bits per heavy atom. The first-order valence-electron chi connectivity index (χ1n) is 6.85. The molecule has 2 rings (SSSR count). The minimum absolute atomic E-state index is 0.0649. The van der Waals surface area contributed by atoms with Gasteiger partial charge in [-0.3, -0.25) is 0 Å². The van der Waals surface area contributed by atoms with E-state index in [2.05, 4.69) is 4.74 Å². The van der Waals surface area contributed by atoms with Gasteiger partial charge in [0.25, 0.3) is 0 Å². The molecule has 5 nitrogen and oxygen atoms in total. The third-order valence-corrected chi connectivity index (χ3v) is 5.77. The van der Waals surface area contributed by atoms with E-state index in [1.807, 2.05) is 0 Å². The summed E-state index contributed by atoms with van der Waals surface area (Å²) >= 11 is 5.92. The van der Waals surface area contributed by atoms with E-state index in [1.54, 1.807) is 0 Å². The van der Waals surface area contributed by atoms with Crippen LogP contribution in [0, 0.1) is 0 Å². The van der Waals surface area contributed by atoms with Crippen molar-refractivity contribution in [1.82, 2.24) is 4.31 Å². The van der Waals surface area contributed by atoms with Crippen molar-refractivity contribution in [2.75, 3.05) is 20.2 Å². The van der Waals surface area contributed by atoms with Gasteiger partial charge in [-0.05, 0) is 31.0 Å². The number of ether oxygens (including phenoxy) is 1. The Kier molecular flexibility index (Phi) is 5.24. The largest absolute Gasteiger partial charge is 0.465 e. The zero-order valence-corrected chi connectivity index (χ0v) is 13.4. The lowest BCUT2D eigenvalue weighted by Crippen LogP contribution is -2.32. The molecule has 0 unspecified atom stereocenters. The molecule has 116 valence electrons. The lowest BCUT2D eigenvalue weighted by atomic mass is 10.2. The number of hydrogen-bond acceptors (Lipinski definition) is 4. The standard InChI is InChI=1S/C14H18ClNO4S/c1-20-14(17)12-10-11(6-7-13(12)15)21(18,19)16-8-4-2-3-5-9-16/h6-7,10H,2-5,8-9H2,1H3. The second kappa shape index (κ2) is 6.77. The van der Waals surface area contributed by atoms with Crippen LogP contribution < -0.4 is 0 Å². The van der Waals surface area contributed by atoms with E-state index >= 15 is 0 Å². The summed E-state index contributed by atoms with van der Waals surface area (Å²) in [4.78, 5) is 11.7. The maximum absolute atomic E-state index is 12.6. The van der Waals surface area contributed by atoms with Gasteiger partial charge >= 0.3 is 5.97 Å². The van der Waals surface area contributed by atoms with Crippen LogP contribution in [-0.2, 0) is 14.8 Å². The van der Waals surface area contributed by atoms with Crippen molar-refractivity contribution in [2.24, 2.45) is 0 Å². The number of sulfonamides is 1. The van der Waals surface area contributed by atoms with E-state index < -0.39 is 16.0 Å². The number of carbonyl (C=O) groups is 1. The summed E-state index contributed by atoms with van der Waals surface area (Å²) in [5.41, 5.74) is 0.0649. The van der Waals surface area contributed by atoms with Gasteiger partial charge < -0.3 is 4.74 Å². The van der Waals surface area contributed by atoms with Crippen LogP contribution in [0.4, 0.5) is 0 Å². The molecular weight excluding hydrogens is 314 g/mol. The van der Waals surface area contributed by atoms with Gasteiger partial charge in [-0.2, -0.15) is 4.31 Å². The van der Waals surface area contributed by atoms with Crippen LogP contribution in [0.3, 0.4) is 0 Å². The van der Waals surface area contributed by atoms with Crippen LogP contribution >= 0.6 is 11.6 Å². The molecule has 1 aromatic carbocycles. The Labute approximate surface area is 129 Å². The van der Waals surface area contributed by atoms with Crippen molar-refractivity contribution in [1.29, 1.82) is 0 Å². The molecule has 0 saturated carbocycles. The highest BCUT2D eigenvalue weighted by Crippen LogP contribution is 2.25. The minimum Gasteiger partial charge on any atom is -0.465 e. The number of esters is 1.